The van der Waals surface area contributed by atoms with Crippen molar-refractivity contribution in [2.45, 2.75) is 38.1 Å². The number of hydrogen-bond donors (Lipinski definition) is 1. The topological polar surface area (TPSA) is 28.2 Å². The fourth-order valence-corrected chi connectivity index (χ4v) is 3.60. The Kier molecular flexibility index (Phi) is 5.16. The summed E-state index contributed by atoms with van der Waals surface area (Å²) in [7, 11) is 4.33. The van der Waals surface area contributed by atoms with Crippen LogP contribution in [-0.4, -0.2) is 36.1 Å². The highest BCUT2D eigenvalue weighted by molar-refractivity contribution is 6.35. The number of anilines is 1. The normalized spacial score (nSPS) is 26.8. The van der Waals surface area contributed by atoms with Crippen LogP contribution in [0.15, 0.2) is 12.3 Å². The smallest absolute Gasteiger partial charge is 0.144 e. The second-order valence-electron chi connectivity index (χ2n) is 6.16. The standard InChI is InChI=1S/C15H23Cl2N3/c1-11-5-4-6-15(8-11,20(2)3)10-19-14-13(17)7-12(16)9-18-14/h7,9,11H,4-6,8,10H2,1-3H3,(H,18,19). The zero-order valence-electron chi connectivity index (χ0n) is 12.4. The zero-order chi connectivity index (χ0) is 14.8. The van der Waals surface area contributed by atoms with Crippen molar-refractivity contribution in [3.63, 3.8) is 0 Å². The Morgan fingerprint density at radius 1 is 1.45 bits per heavy atom. The molecule has 0 amide bonds. The van der Waals surface area contributed by atoms with Gasteiger partial charge in [0.2, 0.25) is 0 Å². The van der Waals surface area contributed by atoms with E-state index in [0.717, 1.165) is 18.3 Å². The number of likely N-dealkylation sites (N-methyl/N-ethyl adjacent to an activating group) is 1. The second-order valence-corrected chi connectivity index (χ2v) is 7.00. The summed E-state index contributed by atoms with van der Waals surface area (Å²) in [4.78, 5) is 6.62. The van der Waals surface area contributed by atoms with E-state index < -0.39 is 0 Å². The van der Waals surface area contributed by atoms with Gasteiger partial charge >= 0.3 is 0 Å². The highest BCUT2D eigenvalue weighted by Crippen LogP contribution is 2.36. The molecule has 2 atom stereocenters. The molecule has 1 heterocycles. The molecule has 0 spiro atoms. The van der Waals surface area contributed by atoms with Crippen LogP contribution < -0.4 is 5.32 Å². The quantitative estimate of drug-likeness (QED) is 0.897. The molecular formula is C15H23Cl2N3. The van der Waals surface area contributed by atoms with E-state index in [2.05, 4.69) is 36.2 Å². The van der Waals surface area contributed by atoms with Crippen molar-refractivity contribution in [3.05, 3.63) is 22.3 Å². The van der Waals surface area contributed by atoms with E-state index in [0.29, 0.717) is 10.0 Å². The molecule has 112 valence electrons. The van der Waals surface area contributed by atoms with Gasteiger partial charge < -0.3 is 10.2 Å². The molecule has 0 bridgehead atoms. The summed E-state index contributed by atoms with van der Waals surface area (Å²) < 4.78 is 0. The molecule has 5 heteroatoms. The molecule has 2 unspecified atom stereocenters. The van der Waals surface area contributed by atoms with Crippen LogP contribution in [0, 0.1) is 5.92 Å². The fourth-order valence-electron chi connectivity index (χ4n) is 3.15. The summed E-state index contributed by atoms with van der Waals surface area (Å²) in [5, 5.41) is 4.55. The first kappa shape index (κ1) is 15.9. The third-order valence-electron chi connectivity index (χ3n) is 4.41. The molecule has 0 aliphatic heterocycles. The molecule has 2 rings (SSSR count). The molecule has 1 N–H and O–H groups in total. The third-order valence-corrected chi connectivity index (χ3v) is 4.90. The first-order valence-electron chi connectivity index (χ1n) is 7.15. The maximum Gasteiger partial charge on any atom is 0.144 e. The van der Waals surface area contributed by atoms with Crippen LogP contribution in [0.3, 0.4) is 0 Å². The van der Waals surface area contributed by atoms with E-state index in [1.165, 1.54) is 25.7 Å². The van der Waals surface area contributed by atoms with Crippen LogP contribution in [0.2, 0.25) is 10.0 Å². The maximum absolute atomic E-state index is 6.18. The van der Waals surface area contributed by atoms with Crippen LogP contribution in [0.4, 0.5) is 5.82 Å². The Hall–Kier alpha value is -0.510. The van der Waals surface area contributed by atoms with Gasteiger partial charge in [-0.05, 0) is 38.9 Å². The Balaban J connectivity index is 2.09. The molecule has 1 aromatic rings. The highest BCUT2D eigenvalue weighted by atomic mass is 35.5. The number of aromatic nitrogens is 1. The average Bonchev–Trinajstić information content (AvgIpc) is 2.37. The number of nitrogens with zero attached hydrogens (tertiary/aromatic N) is 2. The maximum atomic E-state index is 6.18. The zero-order valence-corrected chi connectivity index (χ0v) is 13.9. The van der Waals surface area contributed by atoms with Gasteiger partial charge in [-0.3, -0.25) is 0 Å². The van der Waals surface area contributed by atoms with Crippen LogP contribution in [0.5, 0.6) is 0 Å². The van der Waals surface area contributed by atoms with Crippen molar-refractivity contribution < 1.29 is 0 Å². The summed E-state index contributed by atoms with van der Waals surface area (Å²) in [5.74, 6) is 1.48. The van der Waals surface area contributed by atoms with Crippen molar-refractivity contribution >= 4 is 29.0 Å². The number of halogens is 2. The largest absolute Gasteiger partial charge is 0.367 e. The molecule has 1 aliphatic carbocycles. The van der Waals surface area contributed by atoms with E-state index in [1.54, 1.807) is 12.3 Å². The van der Waals surface area contributed by atoms with Gasteiger partial charge in [0.25, 0.3) is 0 Å². The predicted octanol–water partition coefficient (Wildman–Crippen LogP) is 4.31. The van der Waals surface area contributed by atoms with Crippen molar-refractivity contribution in [2.75, 3.05) is 26.0 Å². The van der Waals surface area contributed by atoms with Crippen LogP contribution in [-0.2, 0) is 0 Å². The van der Waals surface area contributed by atoms with Gasteiger partial charge in [-0.25, -0.2) is 4.98 Å². The van der Waals surface area contributed by atoms with Crippen molar-refractivity contribution in [1.82, 2.24) is 9.88 Å². The number of pyridine rings is 1. The van der Waals surface area contributed by atoms with Crippen LogP contribution in [0.1, 0.15) is 32.6 Å². The number of nitrogens with one attached hydrogen (secondary N) is 1. The summed E-state index contributed by atoms with van der Waals surface area (Å²) in [6.07, 6.45) is 6.65. The van der Waals surface area contributed by atoms with Gasteiger partial charge in [0.1, 0.15) is 5.82 Å². The molecule has 1 fully saturated rings. The van der Waals surface area contributed by atoms with E-state index in [4.69, 9.17) is 23.2 Å². The molecule has 1 saturated carbocycles. The van der Waals surface area contributed by atoms with Crippen molar-refractivity contribution in [1.29, 1.82) is 0 Å². The fraction of sp³-hybridized carbons (Fsp3) is 0.667. The molecular weight excluding hydrogens is 293 g/mol. The van der Waals surface area contributed by atoms with E-state index >= 15 is 0 Å². The first-order valence-corrected chi connectivity index (χ1v) is 7.91. The Bertz CT molecular complexity index is 464. The monoisotopic (exact) mass is 315 g/mol. The lowest BCUT2D eigenvalue weighted by Crippen LogP contribution is -2.52. The number of hydrogen-bond acceptors (Lipinski definition) is 3. The minimum Gasteiger partial charge on any atom is -0.367 e. The number of rotatable bonds is 4. The molecule has 3 nitrogen and oxygen atoms in total. The molecule has 0 aromatic carbocycles. The molecule has 1 aliphatic rings. The Labute approximate surface area is 131 Å². The molecule has 0 saturated heterocycles. The average molecular weight is 316 g/mol. The SMILES string of the molecule is CC1CCCC(CNc2ncc(Cl)cc2Cl)(N(C)C)C1. The third kappa shape index (κ3) is 3.57. The lowest BCUT2D eigenvalue weighted by Gasteiger charge is -2.45. The summed E-state index contributed by atoms with van der Waals surface area (Å²) >= 11 is 12.1. The second kappa shape index (κ2) is 6.50. The van der Waals surface area contributed by atoms with Gasteiger partial charge in [0.15, 0.2) is 0 Å². The highest BCUT2D eigenvalue weighted by Gasteiger charge is 2.36. The lowest BCUT2D eigenvalue weighted by molar-refractivity contribution is 0.0882. The summed E-state index contributed by atoms with van der Waals surface area (Å²) in [5.41, 5.74) is 0.183. The van der Waals surface area contributed by atoms with Gasteiger partial charge in [-0.1, -0.05) is 43.0 Å². The van der Waals surface area contributed by atoms with E-state index in [-0.39, 0.29) is 5.54 Å². The molecule has 0 radical (unpaired) electrons. The predicted molar refractivity (Wildman–Crippen MR) is 86.8 cm³/mol. The van der Waals surface area contributed by atoms with Gasteiger partial charge in [-0.15, -0.1) is 0 Å². The summed E-state index contributed by atoms with van der Waals surface area (Å²) in [6, 6.07) is 1.73. The minimum atomic E-state index is 0.183. The van der Waals surface area contributed by atoms with E-state index in [1.807, 2.05) is 0 Å². The van der Waals surface area contributed by atoms with Crippen LogP contribution in [0.25, 0.3) is 0 Å². The Morgan fingerprint density at radius 3 is 2.80 bits per heavy atom. The van der Waals surface area contributed by atoms with Gasteiger partial charge in [0, 0.05) is 18.3 Å². The van der Waals surface area contributed by atoms with Crippen LogP contribution >= 0.6 is 23.2 Å². The molecule has 20 heavy (non-hydrogen) atoms. The minimum absolute atomic E-state index is 0.183. The van der Waals surface area contributed by atoms with Crippen molar-refractivity contribution in [2.24, 2.45) is 5.92 Å². The lowest BCUT2D eigenvalue weighted by atomic mass is 9.75. The first-order chi connectivity index (χ1) is 9.43. The van der Waals surface area contributed by atoms with Crippen molar-refractivity contribution in [3.8, 4) is 0 Å². The van der Waals surface area contributed by atoms with Gasteiger partial charge in [-0.2, -0.15) is 0 Å². The van der Waals surface area contributed by atoms with E-state index in [9.17, 15) is 0 Å². The molecule has 1 aromatic heterocycles. The summed E-state index contributed by atoms with van der Waals surface area (Å²) in [6.45, 7) is 3.20. The van der Waals surface area contributed by atoms with Gasteiger partial charge in [0.05, 0.1) is 10.0 Å². The Morgan fingerprint density at radius 2 is 2.20 bits per heavy atom.